The molecule has 0 atom stereocenters. The van der Waals surface area contributed by atoms with E-state index in [1.807, 2.05) is 19.1 Å². The summed E-state index contributed by atoms with van der Waals surface area (Å²) >= 11 is 5.54. The molecule has 0 fully saturated rings. The maximum Gasteiger partial charge on any atom is 0.126 e. The molecule has 13 heavy (non-hydrogen) atoms. The van der Waals surface area contributed by atoms with Crippen LogP contribution in [0, 0.1) is 5.82 Å². The lowest BCUT2D eigenvalue weighted by Gasteiger charge is -2.03. The van der Waals surface area contributed by atoms with E-state index in [0.29, 0.717) is 5.88 Å². The van der Waals surface area contributed by atoms with E-state index >= 15 is 0 Å². The van der Waals surface area contributed by atoms with Crippen molar-refractivity contribution < 1.29 is 4.39 Å². The van der Waals surface area contributed by atoms with Crippen LogP contribution < -0.4 is 0 Å². The van der Waals surface area contributed by atoms with E-state index < -0.39 is 0 Å². The number of alkyl halides is 1. The molecular formula is C11H14ClF. The normalized spacial score (nSPS) is 10.4. The van der Waals surface area contributed by atoms with Crippen molar-refractivity contribution in [3.05, 3.63) is 35.1 Å². The first-order chi connectivity index (χ1) is 6.27. The van der Waals surface area contributed by atoms with E-state index in [4.69, 9.17) is 11.6 Å². The van der Waals surface area contributed by atoms with E-state index in [-0.39, 0.29) is 5.82 Å². The summed E-state index contributed by atoms with van der Waals surface area (Å²) in [7, 11) is 0. The summed E-state index contributed by atoms with van der Waals surface area (Å²) in [6.07, 6.45) is 2.45. The molecule has 0 amide bonds. The maximum absolute atomic E-state index is 13.3. The highest BCUT2D eigenvalue weighted by Gasteiger charge is 2.01. The Bertz CT molecular complexity index is 271. The van der Waals surface area contributed by atoms with Crippen molar-refractivity contribution in [3.63, 3.8) is 0 Å². The van der Waals surface area contributed by atoms with Crippen molar-refractivity contribution >= 4 is 11.6 Å². The van der Waals surface area contributed by atoms with E-state index in [0.717, 1.165) is 30.4 Å². The molecule has 2 heteroatoms. The average Bonchev–Trinajstić information content (AvgIpc) is 2.16. The first-order valence-electron chi connectivity index (χ1n) is 4.61. The third-order valence-electron chi connectivity index (χ3n) is 2.11. The second-order valence-electron chi connectivity index (χ2n) is 3.07. The number of benzene rings is 1. The van der Waals surface area contributed by atoms with Crippen molar-refractivity contribution in [1.29, 1.82) is 0 Å². The Balaban J connectivity index is 2.73. The van der Waals surface area contributed by atoms with Crippen LogP contribution in [0.5, 0.6) is 0 Å². The SMILES string of the molecule is CCc1ccc(CCCCl)c(F)c1. The number of rotatable bonds is 4. The summed E-state index contributed by atoms with van der Waals surface area (Å²) in [5.74, 6) is 0.499. The van der Waals surface area contributed by atoms with E-state index in [2.05, 4.69) is 0 Å². The van der Waals surface area contributed by atoms with Crippen molar-refractivity contribution in [2.75, 3.05) is 5.88 Å². The number of halogens is 2. The fraction of sp³-hybridized carbons (Fsp3) is 0.455. The molecule has 1 aromatic rings. The standard InChI is InChI=1S/C11H14ClF/c1-2-9-5-6-10(4-3-7-12)11(13)8-9/h5-6,8H,2-4,7H2,1H3. The number of hydrogen-bond acceptors (Lipinski definition) is 0. The Morgan fingerprint density at radius 2 is 2.15 bits per heavy atom. The molecule has 0 aromatic heterocycles. The van der Waals surface area contributed by atoms with E-state index in [1.165, 1.54) is 0 Å². The van der Waals surface area contributed by atoms with Gasteiger partial charge in [0.05, 0.1) is 0 Å². The highest BCUT2D eigenvalue weighted by atomic mass is 35.5. The van der Waals surface area contributed by atoms with Gasteiger partial charge in [0.2, 0.25) is 0 Å². The smallest absolute Gasteiger partial charge is 0.126 e. The maximum atomic E-state index is 13.3. The first-order valence-corrected chi connectivity index (χ1v) is 5.14. The van der Waals surface area contributed by atoms with Crippen molar-refractivity contribution in [3.8, 4) is 0 Å². The van der Waals surface area contributed by atoms with Crippen LogP contribution in [0.25, 0.3) is 0 Å². The quantitative estimate of drug-likeness (QED) is 0.652. The molecule has 0 unspecified atom stereocenters. The van der Waals surface area contributed by atoms with Gasteiger partial charge in [0, 0.05) is 5.88 Å². The van der Waals surface area contributed by atoms with Crippen molar-refractivity contribution in [2.45, 2.75) is 26.2 Å². The molecule has 72 valence electrons. The zero-order valence-electron chi connectivity index (χ0n) is 7.82. The summed E-state index contributed by atoms with van der Waals surface area (Å²) in [4.78, 5) is 0. The Kier molecular flexibility index (Phi) is 4.23. The third-order valence-corrected chi connectivity index (χ3v) is 2.37. The largest absolute Gasteiger partial charge is 0.207 e. The van der Waals surface area contributed by atoms with Gasteiger partial charge in [-0.25, -0.2) is 4.39 Å². The molecule has 0 saturated heterocycles. The monoisotopic (exact) mass is 200 g/mol. The van der Waals surface area contributed by atoms with Crippen LogP contribution in [0.4, 0.5) is 4.39 Å². The van der Waals surface area contributed by atoms with Gasteiger partial charge in [0.15, 0.2) is 0 Å². The molecule has 0 spiro atoms. The van der Waals surface area contributed by atoms with Crippen LogP contribution in [-0.2, 0) is 12.8 Å². The summed E-state index contributed by atoms with van der Waals surface area (Å²) < 4.78 is 13.3. The lowest BCUT2D eigenvalue weighted by molar-refractivity contribution is 0.605. The lowest BCUT2D eigenvalue weighted by Crippen LogP contribution is -1.93. The molecule has 1 rings (SSSR count). The predicted molar refractivity (Wildman–Crippen MR) is 54.8 cm³/mol. The van der Waals surface area contributed by atoms with Crippen LogP contribution in [0.2, 0.25) is 0 Å². The number of aryl methyl sites for hydroxylation is 2. The van der Waals surface area contributed by atoms with Gasteiger partial charge in [-0.15, -0.1) is 11.6 Å². The first kappa shape index (κ1) is 10.5. The fourth-order valence-electron chi connectivity index (χ4n) is 1.27. The molecule has 0 bridgehead atoms. The molecule has 1 aromatic carbocycles. The minimum Gasteiger partial charge on any atom is -0.207 e. The van der Waals surface area contributed by atoms with Gasteiger partial charge < -0.3 is 0 Å². The second-order valence-corrected chi connectivity index (χ2v) is 3.45. The topological polar surface area (TPSA) is 0 Å². The highest BCUT2D eigenvalue weighted by Crippen LogP contribution is 2.13. The fourth-order valence-corrected chi connectivity index (χ4v) is 1.40. The number of hydrogen-bond donors (Lipinski definition) is 0. The molecular weight excluding hydrogens is 187 g/mol. The molecule has 0 saturated carbocycles. The average molecular weight is 201 g/mol. The predicted octanol–water partition coefficient (Wildman–Crippen LogP) is 3.56. The van der Waals surface area contributed by atoms with Gasteiger partial charge in [-0.1, -0.05) is 19.1 Å². The second kappa shape index (κ2) is 5.23. The van der Waals surface area contributed by atoms with E-state index in [9.17, 15) is 4.39 Å². The summed E-state index contributed by atoms with van der Waals surface area (Å²) in [6, 6.07) is 5.46. The van der Waals surface area contributed by atoms with Gasteiger partial charge in [0.25, 0.3) is 0 Å². The van der Waals surface area contributed by atoms with Crippen molar-refractivity contribution in [1.82, 2.24) is 0 Å². The van der Waals surface area contributed by atoms with Crippen LogP contribution in [0.3, 0.4) is 0 Å². The highest BCUT2D eigenvalue weighted by molar-refractivity contribution is 6.17. The lowest BCUT2D eigenvalue weighted by atomic mass is 10.1. The third kappa shape index (κ3) is 3.00. The van der Waals surface area contributed by atoms with Crippen LogP contribution in [0.1, 0.15) is 24.5 Å². The van der Waals surface area contributed by atoms with Gasteiger partial charge in [0.1, 0.15) is 5.82 Å². The minimum atomic E-state index is -0.0931. The molecule has 0 aliphatic rings. The van der Waals surface area contributed by atoms with Gasteiger partial charge >= 0.3 is 0 Å². The molecule has 0 heterocycles. The minimum absolute atomic E-state index is 0.0931. The molecule has 0 aliphatic carbocycles. The molecule has 0 nitrogen and oxygen atoms in total. The Hall–Kier alpha value is -0.560. The molecule has 0 radical (unpaired) electrons. The van der Waals surface area contributed by atoms with E-state index in [1.54, 1.807) is 6.07 Å². The van der Waals surface area contributed by atoms with Gasteiger partial charge in [-0.3, -0.25) is 0 Å². The molecule has 0 N–H and O–H groups in total. The Labute approximate surface area is 83.7 Å². The Morgan fingerprint density at radius 1 is 1.38 bits per heavy atom. The summed E-state index contributed by atoms with van der Waals surface area (Å²) in [6.45, 7) is 2.02. The Morgan fingerprint density at radius 3 is 2.69 bits per heavy atom. The van der Waals surface area contributed by atoms with Gasteiger partial charge in [-0.05, 0) is 36.5 Å². The van der Waals surface area contributed by atoms with Gasteiger partial charge in [-0.2, -0.15) is 0 Å². The van der Waals surface area contributed by atoms with Crippen LogP contribution in [0.15, 0.2) is 18.2 Å². The van der Waals surface area contributed by atoms with Crippen molar-refractivity contribution in [2.24, 2.45) is 0 Å². The summed E-state index contributed by atoms with van der Waals surface area (Å²) in [5, 5.41) is 0. The van der Waals surface area contributed by atoms with Crippen LogP contribution >= 0.6 is 11.6 Å². The summed E-state index contributed by atoms with van der Waals surface area (Å²) in [5.41, 5.74) is 1.82. The zero-order valence-corrected chi connectivity index (χ0v) is 8.57. The zero-order chi connectivity index (χ0) is 9.68. The molecule has 0 aliphatic heterocycles. The van der Waals surface area contributed by atoms with Crippen LogP contribution in [-0.4, -0.2) is 5.88 Å².